The number of carbonyl (C=O) groups excluding carboxylic acids is 1. The lowest BCUT2D eigenvalue weighted by Gasteiger charge is -2.30. The Kier molecular flexibility index (Phi) is 8.07. The minimum Gasteiger partial charge on any atom is -0.481 e. The third-order valence-corrected chi connectivity index (χ3v) is 3.57. The van der Waals surface area contributed by atoms with Crippen LogP contribution in [0, 0.1) is 0 Å². The molecule has 1 N–H and O–H groups in total. The lowest BCUT2D eigenvalue weighted by atomic mass is 10.1. The minimum atomic E-state index is -1.04. The third kappa shape index (κ3) is 5.39. The van der Waals surface area contributed by atoms with Crippen LogP contribution >= 0.6 is 11.8 Å². The van der Waals surface area contributed by atoms with E-state index in [1.807, 2.05) is 25.6 Å². The van der Waals surface area contributed by atoms with Crippen molar-refractivity contribution in [2.24, 2.45) is 0 Å². The second-order valence-electron chi connectivity index (χ2n) is 3.39. The molecule has 1 aliphatic rings. The minimum absolute atomic E-state index is 0.253. The van der Waals surface area contributed by atoms with Crippen molar-refractivity contribution in [3.8, 4) is 0 Å². The number of carboxylic acids is 1. The van der Waals surface area contributed by atoms with E-state index in [1.165, 1.54) is 0 Å². The number of hydrogen-bond donors (Lipinski definition) is 1. The fourth-order valence-corrected chi connectivity index (χ4v) is 2.26. The maximum atomic E-state index is 11.3. The molecule has 0 saturated carbocycles. The number of thioether (sulfide) groups is 1. The highest BCUT2D eigenvalue weighted by Crippen LogP contribution is 2.21. The molecule has 0 spiro atoms. The zero-order valence-corrected chi connectivity index (χ0v) is 11.0. The summed E-state index contributed by atoms with van der Waals surface area (Å²) in [6.07, 6.45) is 3.66. The van der Waals surface area contributed by atoms with Gasteiger partial charge in [-0.3, -0.25) is 9.59 Å². The van der Waals surface area contributed by atoms with Gasteiger partial charge in [-0.2, -0.15) is 11.8 Å². The summed E-state index contributed by atoms with van der Waals surface area (Å²) < 4.78 is 0. The number of hydrogen-bond acceptors (Lipinski definition) is 3. The van der Waals surface area contributed by atoms with E-state index in [9.17, 15) is 9.59 Å². The number of piperidine rings is 1. The molecule has 1 heterocycles. The Morgan fingerprint density at radius 1 is 1.31 bits per heavy atom. The van der Waals surface area contributed by atoms with Gasteiger partial charge in [-0.15, -0.1) is 0 Å². The normalized spacial score (nSPS) is 16.3. The summed E-state index contributed by atoms with van der Waals surface area (Å²) in [6, 6.07) is 0. The second kappa shape index (κ2) is 8.44. The van der Waals surface area contributed by atoms with Crippen molar-refractivity contribution < 1.29 is 14.7 Å². The van der Waals surface area contributed by atoms with Crippen LogP contribution in [0.5, 0.6) is 0 Å². The highest BCUT2D eigenvalue weighted by molar-refractivity contribution is 7.99. The number of likely N-dealkylation sites (tertiary alicyclic amines) is 1. The molecular formula is C11H21NO3S. The number of carbonyl (C=O) groups is 2. The van der Waals surface area contributed by atoms with Crippen LogP contribution in [0.1, 0.15) is 33.1 Å². The molecule has 1 aliphatic heterocycles. The fourth-order valence-electron chi connectivity index (χ4n) is 1.58. The lowest BCUT2D eigenvalue weighted by Crippen LogP contribution is -2.40. The number of rotatable bonds is 3. The van der Waals surface area contributed by atoms with Gasteiger partial charge in [0.25, 0.3) is 0 Å². The van der Waals surface area contributed by atoms with Gasteiger partial charge in [0.15, 0.2) is 0 Å². The van der Waals surface area contributed by atoms with Crippen LogP contribution in [0.15, 0.2) is 0 Å². The summed E-state index contributed by atoms with van der Waals surface area (Å²) in [6.45, 7) is 5.41. The van der Waals surface area contributed by atoms with Crippen molar-refractivity contribution >= 4 is 23.6 Å². The third-order valence-electron chi connectivity index (χ3n) is 2.43. The lowest BCUT2D eigenvalue weighted by molar-refractivity contribution is -0.144. The van der Waals surface area contributed by atoms with Crippen molar-refractivity contribution in [1.29, 1.82) is 0 Å². The SMILES string of the molecule is CC.CSC1CCN(C(=O)CC(=O)O)CC1. The first-order chi connectivity index (χ1) is 7.63. The second-order valence-corrected chi connectivity index (χ2v) is 4.52. The summed E-state index contributed by atoms with van der Waals surface area (Å²) in [4.78, 5) is 23.3. The summed E-state index contributed by atoms with van der Waals surface area (Å²) in [5.74, 6) is -1.29. The quantitative estimate of drug-likeness (QED) is 0.773. The van der Waals surface area contributed by atoms with E-state index in [4.69, 9.17) is 5.11 Å². The van der Waals surface area contributed by atoms with E-state index in [-0.39, 0.29) is 12.3 Å². The predicted molar refractivity (Wildman–Crippen MR) is 66.7 cm³/mol. The van der Waals surface area contributed by atoms with E-state index in [0.717, 1.165) is 12.8 Å². The molecule has 0 aromatic rings. The number of amides is 1. The summed E-state index contributed by atoms with van der Waals surface area (Å²) >= 11 is 1.82. The maximum Gasteiger partial charge on any atom is 0.312 e. The van der Waals surface area contributed by atoms with Gasteiger partial charge in [0.1, 0.15) is 6.42 Å². The first-order valence-corrected chi connectivity index (χ1v) is 6.94. The highest BCUT2D eigenvalue weighted by atomic mass is 32.2. The van der Waals surface area contributed by atoms with Gasteiger partial charge in [0.2, 0.25) is 5.91 Å². The smallest absolute Gasteiger partial charge is 0.312 e. The van der Waals surface area contributed by atoms with E-state index in [0.29, 0.717) is 18.3 Å². The zero-order chi connectivity index (χ0) is 12.6. The molecule has 1 rings (SSSR count). The predicted octanol–water partition coefficient (Wildman–Crippen LogP) is 1.84. The van der Waals surface area contributed by atoms with Gasteiger partial charge in [-0.25, -0.2) is 0 Å². The molecule has 0 aromatic carbocycles. The van der Waals surface area contributed by atoms with Crippen molar-refractivity contribution in [3.63, 3.8) is 0 Å². The summed E-state index contributed by atoms with van der Waals surface area (Å²) in [7, 11) is 0. The van der Waals surface area contributed by atoms with Gasteiger partial charge in [-0.05, 0) is 19.1 Å². The summed E-state index contributed by atoms with van der Waals surface area (Å²) in [5.41, 5.74) is 0. The van der Waals surface area contributed by atoms with E-state index >= 15 is 0 Å². The molecule has 4 nitrogen and oxygen atoms in total. The van der Waals surface area contributed by atoms with Crippen molar-refractivity contribution in [2.45, 2.75) is 38.4 Å². The Morgan fingerprint density at radius 3 is 2.19 bits per heavy atom. The molecule has 0 aliphatic carbocycles. The number of aliphatic carboxylic acids is 1. The molecule has 0 atom stereocenters. The largest absolute Gasteiger partial charge is 0.481 e. The molecule has 0 radical (unpaired) electrons. The van der Waals surface area contributed by atoms with Crippen LogP contribution in [0.2, 0.25) is 0 Å². The molecule has 0 aromatic heterocycles. The molecule has 0 unspecified atom stereocenters. The average Bonchev–Trinajstić information content (AvgIpc) is 2.31. The Hall–Kier alpha value is -0.710. The molecule has 0 bridgehead atoms. The Labute approximate surface area is 101 Å². The molecule has 94 valence electrons. The molecular weight excluding hydrogens is 226 g/mol. The Bertz CT molecular complexity index is 225. The molecule has 1 saturated heterocycles. The average molecular weight is 247 g/mol. The zero-order valence-electron chi connectivity index (χ0n) is 10.2. The number of carboxylic acid groups (broad SMARTS) is 1. The van der Waals surface area contributed by atoms with Crippen molar-refractivity contribution in [3.05, 3.63) is 0 Å². The number of nitrogens with zero attached hydrogens (tertiary/aromatic N) is 1. The highest BCUT2D eigenvalue weighted by Gasteiger charge is 2.23. The molecule has 16 heavy (non-hydrogen) atoms. The molecule has 5 heteroatoms. The topological polar surface area (TPSA) is 57.6 Å². The van der Waals surface area contributed by atoms with Gasteiger partial charge in [-0.1, -0.05) is 13.8 Å². The van der Waals surface area contributed by atoms with Gasteiger partial charge in [0, 0.05) is 18.3 Å². The van der Waals surface area contributed by atoms with Crippen LogP contribution in [0.4, 0.5) is 0 Å². The van der Waals surface area contributed by atoms with E-state index in [2.05, 4.69) is 6.26 Å². The van der Waals surface area contributed by atoms with Gasteiger partial charge < -0.3 is 10.0 Å². The van der Waals surface area contributed by atoms with Crippen LogP contribution < -0.4 is 0 Å². The molecule has 1 fully saturated rings. The fraction of sp³-hybridized carbons (Fsp3) is 0.818. The van der Waals surface area contributed by atoms with Crippen LogP contribution in [-0.4, -0.2) is 46.5 Å². The monoisotopic (exact) mass is 247 g/mol. The Morgan fingerprint density at radius 2 is 1.81 bits per heavy atom. The van der Waals surface area contributed by atoms with Crippen molar-refractivity contribution in [2.75, 3.05) is 19.3 Å². The first kappa shape index (κ1) is 15.3. The van der Waals surface area contributed by atoms with Crippen molar-refractivity contribution in [1.82, 2.24) is 4.90 Å². The first-order valence-electron chi connectivity index (χ1n) is 5.66. The van der Waals surface area contributed by atoms with Gasteiger partial charge >= 0.3 is 5.97 Å². The standard InChI is InChI=1S/C9H15NO3S.C2H6/c1-14-7-2-4-10(5-3-7)8(11)6-9(12)13;1-2/h7H,2-6H2,1H3,(H,12,13);1-2H3. The molecule has 1 amide bonds. The summed E-state index contributed by atoms with van der Waals surface area (Å²) in [5, 5.41) is 9.09. The van der Waals surface area contributed by atoms with Gasteiger partial charge in [0.05, 0.1) is 0 Å². The van der Waals surface area contributed by atoms with E-state index in [1.54, 1.807) is 4.90 Å². The van der Waals surface area contributed by atoms with Crippen LogP contribution in [0.25, 0.3) is 0 Å². The maximum absolute atomic E-state index is 11.3. The van der Waals surface area contributed by atoms with Crippen LogP contribution in [0.3, 0.4) is 0 Å². The Balaban J connectivity index is 0.00000106. The van der Waals surface area contributed by atoms with E-state index < -0.39 is 5.97 Å². The van der Waals surface area contributed by atoms with Crippen LogP contribution in [-0.2, 0) is 9.59 Å².